The summed E-state index contributed by atoms with van der Waals surface area (Å²) < 4.78 is 13.5. The van der Waals surface area contributed by atoms with E-state index in [0.29, 0.717) is 0 Å². The van der Waals surface area contributed by atoms with Crippen molar-refractivity contribution in [3.05, 3.63) is 237 Å². The Balaban J connectivity index is 0.959. The Hall–Kier alpha value is -9.12. The van der Waals surface area contributed by atoms with Gasteiger partial charge in [0.2, 0.25) is 0 Å². The highest BCUT2D eigenvalue weighted by molar-refractivity contribution is 6.22. The van der Waals surface area contributed by atoms with Gasteiger partial charge in [-0.15, -0.1) is 0 Å². The molecule has 4 nitrogen and oxygen atoms in total. The van der Waals surface area contributed by atoms with Crippen LogP contribution in [0.5, 0.6) is 0 Å². The molecule has 0 N–H and O–H groups in total. The molecule has 0 saturated heterocycles. The highest BCUT2D eigenvalue weighted by Crippen LogP contribution is 2.43. The molecule has 0 saturated carbocycles. The van der Waals surface area contributed by atoms with Gasteiger partial charge in [-0.3, -0.25) is 0 Å². The highest BCUT2D eigenvalue weighted by atomic mass is 16.3. The Morgan fingerprint density at radius 2 is 0.676 bits per heavy atom. The van der Waals surface area contributed by atoms with Crippen molar-refractivity contribution in [3.8, 4) is 39.3 Å². The third kappa shape index (κ3) is 5.37. The molecule has 4 heterocycles. The van der Waals surface area contributed by atoms with E-state index >= 15 is 0 Å². The van der Waals surface area contributed by atoms with E-state index in [9.17, 15) is 0 Å². The van der Waals surface area contributed by atoms with Crippen LogP contribution in [0, 0.1) is 0 Å². The number of furan rings is 1. The fourth-order valence-electron chi connectivity index (χ4n) is 11.3. The average molecular weight is 866 g/mol. The first kappa shape index (κ1) is 37.1. The molecule has 0 unspecified atom stereocenters. The number of fused-ring (bicyclic) bond motifs is 14. The number of hydrogen-bond donors (Lipinski definition) is 0. The van der Waals surface area contributed by atoms with Gasteiger partial charge in [0.1, 0.15) is 11.2 Å². The van der Waals surface area contributed by atoms with Crippen LogP contribution in [0.3, 0.4) is 0 Å². The number of benzene rings is 11. The number of rotatable bonds is 5. The molecule has 11 aromatic carbocycles. The molecule has 15 rings (SSSR count). The maximum absolute atomic E-state index is 6.31. The fourth-order valence-corrected chi connectivity index (χ4v) is 11.3. The molecule has 0 fully saturated rings. The van der Waals surface area contributed by atoms with E-state index in [-0.39, 0.29) is 0 Å². The van der Waals surface area contributed by atoms with E-state index in [1.807, 2.05) is 6.07 Å². The Labute approximate surface area is 390 Å². The Morgan fingerprint density at radius 3 is 1.32 bits per heavy atom. The summed E-state index contributed by atoms with van der Waals surface area (Å²) in [5, 5.41) is 12.1. The van der Waals surface area contributed by atoms with Crippen LogP contribution >= 0.6 is 0 Å². The summed E-state index contributed by atoms with van der Waals surface area (Å²) >= 11 is 0. The average Bonchev–Trinajstić information content (AvgIpc) is 4.14. The van der Waals surface area contributed by atoms with Crippen LogP contribution in [0.1, 0.15) is 0 Å². The third-order valence-electron chi connectivity index (χ3n) is 14.4. The first-order valence-electron chi connectivity index (χ1n) is 23.3. The lowest BCUT2D eigenvalue weighted by Gasteiger charge is -2.10. The van der Waals surface area contributed by atoms with Crippen molar-refractivity contribution in [2.45, 2.75) is 0 Å². The Bertz CT molecular complexity index is 4550. The maximum atomic E-state index is 6.31. The van der Waals surface area contributed by atoms with Gasteiger partial charge in [-0.25, -0.2) is 0 Å². The molecule has 0 aliphatic rings. The number of nitrogens with zero attached hydrogens (tertiary/aromatic N) is 3. The molecule has 4 heteroatoms. The van der Waals surface area contributed by atoms with Gasteiger partial charge < -0.3 is 18.1 Å². The summed E-state index contributed by atoms with van der Waals surface area (Å²) in [6.07, 6.45) is 0. The number of hydrogen-bond acceptors (Lipinski definition) is 1. The van der Waals surface area contributed by atoms with Crippen LogP contribution in [0.2, 0.25) is 0 Å². The molecular formula is C64H39N3O. The van der Waals surface area contributed by atoms with Crippen molar-refractivity contribution < 1.29 is 4.42 Å². The van der Waals surface area contributed by atoms with Gasteiger partial charge in [0, 0.05) is 60.2 Å². The minimum absolute atomic E-state index is 0.890. The van der Waals surface area contributed by atoms with Gasteiger partial charge in [-0.1, -0.05) is 127 Å². The molecular weight excluding hydrogens is 827 g/mol. The molecule has 68 heavy (non-hydrogen) atoms. The molecule has 316 valence electrons. The fraction of sp³-hybridized carbons (Fsp3) is 0. The Morgan fingerprint density at radius 1 is 0.235 bits per heavy atom. The zero-order valence-corrected chi connectivity index (χ0v) is 36.8. The quantitative estimate of drug-likeness (QED) is 0.169. The van der Waals surface area contributed by atoms with Crippen molar-refractivity contribution in [3.63, 3.8) is 0 Å². The van der Waals surface area contributed by atoms with Gasteiger partial charge in [0.25, 0.3) is 0 Å². The van der Waals surface area contributed by atoms with E-state index < -0.39 is 0 Å². The van der Waals surface area contributed by atoms with Crippen LogP contribution in [-0.4, -0.2) is 13.7 Å². The lowest BCUT2D eigenvalue weighted by Crippen LogP contribution is -1.94. The summed E-state index contributed by atoms with van der Waals surface area (Å²) in [6, 6.07) is 86.4. The highest BCUT2D eigenvalue weighted by Gasteiger charge is 2.20. The summed E-state index contributed by atoms with van der Waals surface area (Å²) in [5.41, 5.74) is 17.0. The van der Waals surface area contributed by atoms with Crippen molar-refractivity contribution in [2.75, 3.05) is 0 Å². The standard InChI is InChI=1S/C64H39N3O/c1-3-14-45(15-4-1)65-56-21-11-9-19-49(56)51-35-41(24-29-57(51)65)42-25-30-58-52(36-42)53-37-43(26-31-59(53)67(58)47-28-34-63-54(39-47)50-20-10-12-22-62(50)68-63)44-27-32-60-55(38-44)64-48-18-8-7-13-40(48)23-33-61(64)66(60)46-16-5-2-6-17-46/h1-39H. The van der Waals surface area contributed by atoms with E-state index in [2.05, 4.69) is 244 Å². The summed E-state index contributed by atoms with van der Waals surface area (Å²) in [6.45, 7) is 0. The maximum Gasteiger partial charge on any atom is 0.135 e. The summed E-state index contributed by atoms with van der Waals surface area (Å²) in [5.74, 6) is 0. The zero-order chi connectivity index (χ0) is 44.5. The van der Waals surface area contributed by atoms with E-state index in [4.69, 9.17) is 4.42 Å². The number of para-hydroxylation sites is 4. The van der Waals surface area contributed by atoms with Gasteiger partial charge in [0.15, 0.2) is 0 Å². The van der Waals surface area contributed by atoms with Gasteiger partial charge in [-0.2, -0.15) is 0 Å². The largest absolute Gasteiger partial charge is 0.456 e. The predicted molar refractivity (Wildman–Crippen MR) is 285 cm³/mol. The molecule has 0 bridgehead atoms. The van der Waals surface area contributed by atoms with Gasteiger partial charge in [-0.05, 0) is 142 Å². The van der Waals surface area contributed by atoms with Crippen molar-refractivity contribution >= 4 is 98.1 Å². The molecule has 0 radical (unpaired) electrons. The predicted octanol–water partition coefficient (Wildman–Crippen LogP) is 17.4. The second-order valence-electron chi connectivity index (χ2n) is 18.1. The molecule has 0 atom stereocenters. The summed E-state index contributed by atoms with van der Waals surface area (Å²) in [4.78, 5) is 0. The molecule has 0 spiro atoms. The molecule has 15 aromatic rings. The minimum Gasteiger partial charge on any atom is -0.456 e. The minimum atomic E-state index is 0.890. The van der Waals surface area contributed by atoms with Crippen LogP contribution in [-0.2, 0) is 0 Å². The van der Waals surface area contributed by atoms with Gasteiger partial charge >= 0.3 is 0 Å². The molecule has 0 aliphatic carbocycles. The topological polar surface area (TPSA) is 27.9 Å². The van der Waals surface area contributed by atoms with Gasteiger partial charge in [0.05, 0.1) is 33.1 Å². The normalized spacial score (nSPS) is 12.1. The van der Waals surface area contributed by atoms with Crippen LogP contribution in [0.4, 0.5) is 0 Å². The Kier molecular flexibility index (Phi) is 7.75. The lowest BCUT2D eigenvalue weighted by molar-refractivity contribution is 0.669. The van der Waals surface area contributed by atoms with E-state index in [1.165, 1.54) is 87.4 Å². The second kappa shape index (κ2) is 14.2. The molecule has 0 amide bonds. The third-order valence-corrected chi connectivity index (χ3v) is 14.4. The van der Waals surface area contributed by atoms with E-state index in [1.54, 1.807) is 0 Å². The number of aromatic nitrogens is 3. The summed E-state index contributed by atoms with van der Waals surface area (Å²) in [7, 11) is 0. The SMILES string of the molecule is c1ccc(-n2c3ccccc3c3cc(-c4ccc5c(c4)c4cc(-c6ccc7c(c6)c6c8ccccc8ccc6n7-c6ccccc6)ccc4n5-c4ccc5oc6ccccc6c5c4)ccc32)cc1. The van der Waals surface area contributed by atoms with Crippen molar-refractivity contribution in [1.82, 2.24) is 13.7 Å². The van der Waals surface area contributed by atoms with Crippen molar-refractivity contribution in [2.24, 2.45) is 0 Å². The molecule has 4 aromatic heterocycles. The zero-order valence-electron chi connectivity index (χ0n) is 36.8. The van der Waals surface area contributed by atoms with Crippen LogP contribution in [0.15, 0.2) is 241 Å². The van der Waals surface area contributed by atoms with Crippen LogP contribution < -0.4 is 0 Å². The smallest absolute Gasteiger partial charge is 0.135 e. The van der Waals surface area contributed by atoms with Crippen LogP contribution in [0.25, 0.3) is 137 Å². The monoisotopic (exact) mass is 865 g/mol. The van der Waals surface area contributed by atoms with E-state index in [0.717, 1.165) is 50.0 Å². The first-order valence-corrected chi connectivity index (χ1v) is 23.3. The first-order chi connectivity index (χ1) is 33.7. The molecule has 0 aliphatic heterocycles. The second-order valence-corrected chi connectivity index (χ2v) is 18.1. The lowest BCUT2D eigenvalue weighted by atomic mass is 9.98. The van der Waals surface area contributed by atoms with Crippen molar-refractivity contribution in [1.29, 1.82) is 0 Å².